The van der Waals surface area contributed by atoms with Gasteiger partial charge in [-0.05, 0) is 43.3 Å². The van der Waals surface area contributed by atoms with E-state index in [1.807, 2.05) is 0 Å². The molecule has 2 N–H and O–H groups in total. The quantitative estimate of drug-likeness (QED) is 0.834. The van der Waals surface area contributed by atoms with E-state index in [0.717, 1.165) is 6.26 Å². The lowest BCUT2D eigenvalue weighted by Crippen LogP contribution is -2.22. The number of benzene rings is 2. The van der Waals surface area contributed by atoms with Crippen molar-refractivity contribution in [1.29, 1.82) is 0 Å². The Hall–Kier alpha value is -2.38. The molecule has 0 unspecified atom stereocenters. The Labute approximate surface area is 151 Å². The van der Waals surface area contributed by atoms with Crippen LogP contribution < -0.4 is 10.6 Å². The second-order valence-corrected chi connectivity index (χ2v) is 7.73. The minimum absolute atomic E-state index is 0.00174. The second kappa shape index (κ2) is 7.67. The molecular weight excluding hydrogens is 364 g/mol. The average molecular weight is 381 g/mol. The van der Waals surface area contributed by atoms with E-state index in [1.54, 1.807) is 25.1 Å². The van der Waals surface area contributed by atoms with E-state index in [9.17, 15) is 18.0 Å². The van der Waals surface area contributed by atoms with Gasteiger partial charge in [0.05, 0.1) is 15.5 Å². The number of hydrogen-bond donors (Lipinski definition) is 2. The Balaban J connectivity index is 2.29. The highest BCUT2D eigenvalue weighted by molar-refractivity contribution is 7.90. The zero-order valence-electron chi connectivity index (χ0n) is 13.7. The number of nitrogens with one attached hydrogen (secondary N) is 2. The van der Waals surface area contributed by atoms with Gasteiger partial charge in [-0.2, -0.15) is 0 Å². The SMILES string of the molecule is CCNC(=O)c1cccc(NC(=O)c2cc(S(C)(=O)=O)ccc2Cl)c1. The Kier molecular flexibility index (Phi) is 5.81. The van der Waals surface area contributed by atoms with Crippen LogP contribution in [0.2, 0.25) is 5.02 Å². The predicted molar refractivity (Wildman–Crippen MR) is 97.0 cm³/mol. The summed E-state index contributed by atoms with van der Waals surface area (Å²) < 4.78 is 23.3. The number of sulfone groups is 1. The van der Waals surface area contributed by atoms with E-state index >= 15 is 0 Å². The van der Waals surface area contributed by atoms with Gasteiger partial charge < -0.3 is 10.6 Å². The minimum Gasteiger partial charge on any atom is -0.352 e. The standard InChI is InChI=1S/C17H17ClN2O4S/c1-3-19-16(21)11-5-4-6-12(9-11)20-17(22)14-10-13(25(2,23)24)7-8-15(14)18/h4-10H,3H2,1-2H3,(H,19,21)(H,20,22). The van der Waals surface area contributed by atoms with Gasteiger partial charge in [-0.15, -0.1) is 0 Å². The largest absolute Gasteiger partial charge is 0.352 e. The topological polar surface area (TPSA) is 92.3 Å². The van der Waals surface area contributed by atoms with Crippen molar-refractivity contribution in [3.63, 3.8) is 0 Å². The summed E-state index contributed by atoms with van der Waals surface area (Å²) in [6.45, 7) is 2.30. The molecule has 0 aliphatic rings. The van der Waals surface area contributed by atoms with Crippen LogP contribution in [0.1, 0.15) is 27.6 Å². The van der Waals surface area contributed by atoms with Crippen LogP contribution in [0, 0.1) is 0 Å². The maximum Gasteiger partial charge on any atom is 0.257 e. The molecule has 25 heavy (non-hydrogen) atoms. The van der Waals surface area contributed by atoms with Crippen LogP contribution in [-0.2, 0) is 9.84 Å². The van der Waals surface area contributed by atoms with E-state index in [2.05, 4.69) is 10.6 Å². The molecule has 2 aromatic rings. The maximum atomic E-state index is 12.4. The first-order chi connectivity index (χ1) is 11.7. The van der Waals surface area contributed by atoms with Crippen LogP contribution >= 0.6 is 11.6 Å². The number of carbonyl (C=O) groups is 2. The number of rotatable bonds is 5. The molecule has 0 radical (unpaired) electrons. The van der Waals surface area contributed by atoms with Crippen LogP contribution in [0.3, 0.4) is 0 Å². The molecule has 2 amide bonds. The first-order valence-corrected chi connectivity index (χ1v) is 9.68. The van der Waals surface area contributed by atoms with Gasteiger partial charge >= 0.3 is 0 Å². The molecule has 0 bridgehead atoms. The molecule has 0 fully saturated rings. The molecule has 2 aromatic carbocycles. The third-order valence-electron chi connectivity index (χ3n) is 3.33. The second-order valence-electron chi connectivity index (χ2n) is 5.31. The Morgan fingerprint density at radius 3 is 2.44 bits per heavy atom. The fraction of sp³-hybridized carbons (Fsp3) is 0.176. The number of halogens is 1. The summed E-state index contributed by atoms with van der Waals surface area (Å²) >= 11 is 6.01. The first-order valence-electron chi connectivity index (χ1n) is 7.41. The van der Waals surface area contributed by atoms with Gasteiger partial charge in [0.15, 0.2) is 9.84 Å². The van der Waals surface area contributed by atoms with Gasteiger partial charge in [-0.3, -0.25) is 9.59 Å². The summed E-state index contributed by atoms with van der Waals surface area (Å²) in [4.78, 5) is 24.3. The van der Waals surface area contributed by atoms with E-state index in [1.165, 1.54) is 24.3 Å². The number of amides is 2. The summed E-state index contributed by atoms with van der Waals surface area (Å²) in [7, 11) is -3.46. The van der Waals surface area contributed by atoms with Crippen molar-refractivity contribution in [2.24, 2.45) is 0 Å². The van der Waals surface area contributed by atoms with E-state index in [0.29, 0.717) is 17.8 Å². The molecule has 132 valence electrons. The van der Waals surface area contributed by atoms with Crippen molar-refractivity contribution in [2.45, 2.75) is 11.8 Å². The minimum atomic E-state index is -3.46. The van der Waals surface area contributed by atoms with Gasteiger partial charge in [-0.1, -0.05) is 17.7 Å². The lowest BCUT2D eigenvalue weighted by molar-refractivity contribution is 0.0954. The number of carbonyl (C=O) groups excluding carboxylic acids is 2. The third kappa shape index (κ3) is 4.80. The van der Waals surface area contributed by atoms with E-state index in [4.69, 9.17) is 11.6 Å². The average Bonchev–Trinajstić information content (AvgIpc) is 2.54. The van der Waals surface area contributed by atoms with E-state index in [-0.39, 0.29) is 21.4 Å². The summed E-state index contributed by atoms with van der Waals surface area (Å²) in [5, 5.41) is 5.41. The molecule has 0 heterocycles. The highest BCUT2D eigenvalue weighted by atomic mass is 35.5. The Morgan fingerprint density at radius 1 is 1.08 bits per heavy atom. The molecule has 0 saturated carbocycles. The van der Waals surface area contributed by atoms with Gasteiger partial charge in [0.2, 0.25) is 0 Å². The molecule has 0 saturated heterocycles. The molecule has 2 rings (SSSR count). The van der Waals surface area contributed by atoms with Gasteiger partial charge in [0.25, 0.3) is 11.8 Å². The first kappa shape index (κ1) is 19.0. The summed E-state index contributed by atoms with van der Waals surface area (Å²) in [5.41, 5.74) is 0.832. The molecule has 0 aromatic heterocycles. The fourth-order valence-corrected chi connectivity index (χ4v) is 2.96. The summed E-state index contributed by atoms with van der Waals surface area (Å²) in [6.07, 6.45) is 1.05. The van der Waals surface area contributed by atoms with Crippen molar-refractivity contribution < 1.29 is 18.0 Å². The zero-order chi connectivity index (χ0) is 18.6. The lowest BCUT2D eigenvalue weighted by atomic mass is 10.1. The number of hydrogen-bond acceptors (Lipinski definition) is 4. The van der Waals surface area contributed by atoms with Crippen molar-refractivity contribution in [3.8, 4) is 0 Å². The highest BCUT2D eigenvalue weighted by Crippen LogP contribution is 2.22. The molecule has 0 aliphatic heterocycles. The lowest BCUT2D eigenvalue weighted by Gasteiger charge is -2.10. The van der Waals surface area contributed by atoms with Gasteiger partial charge in [0.1, 0.15) is 0 Å². The summed E-state index contributed by atoms with van der Waals surface area (Å²) in [5.74, 6) is -0.820. The molecule has 0 atom stereocenters. The van der Waals surface area contributed by atoms with Crippen molar-refractivity contribution in [2.75, 3.05) is 18.1 Å². The molecule has 0 aliphatic carbocycles. The smallest absolute Gasteiger partial charge is 0.257 e. The van der Waals surface area contributed by atoms with E-state index < -0.39 is 15.7 Å². The van der Waals surface area contributed by atoms with Crippen LogP contribution in [0.4, 0.5) is 5.69 Å². The van der Waals surface area contributed by atoms with Crippen LogP contribution in [0.15, 0.2) is 47.4 Å². The van der Waals surface area contributed by atoms with Crippen molar-refractivity contribution >= 4 is 38.9 Å². The predicted octanol–water partition coefficient (Wildman–Crippen LogP) is 2.75. The zero-order valence-corrected chi connectivity index (χ0v) is 15.2. The van der Waals surface area contributed by atoms with Crippen LogP contribution in [0.25, 0.3) is 0 Å². The molecule has 8 heteroatoms. The highest BCUT2D eigenvalue weighted by Gasteiger charge is 2.16. The monoisotopic (exact) mass is 380 g/mol. The third-order valence-corrected chi connectivity index (χ3v) is 4.77. The van der Waals surface area contributed by atoms with Crippen LogP contribution in [-0.4, -0.2) is 33.0 Å². The van der Waals surface area contributed by atoms with Crippen LogP contribution in [0.5, 0.6) is 0 Å². The fourth-order valence-electron chi connectivity index (χ4n) is 2.11. The maximum absolute atomic E-state index is 12.4. The Morgan fingerprint density at radius 2 is 1.80 bits per heavy atom. The Bertz CT molecular complexity index is 926. The molecule has 0 spiro atoms. The normalized spacial score (nSPS) is 11.0. The van der Waals surface area contributed by atoms with Crippen molar-refractivity contribution in [3.05, 3.63) is 58.6 Å². The number of anilines is 1. The summed E-state index contributed by atoms with van der Waals surface area (Å²) in [6, 6.07) is 10.3. The van der Waals surface area contributed by atoms with Crippen molar-refractivity contribution in [1.82, 2.24) is 5.32 Å². The molecule has 6 nitrogen and oxygen atoms in total. The van der Waals surface area contributed by atoms with Gasteiger partial charge in [0, 0.05) is 24.1 Å². The van der Waals surface area contributed by atoms with Gasteiger partial charge in [-0.25, -0.2) is 8.42 Å². The molecular formula is C17H17ClN2O4S.